The van der Waals surface area contributed by atoms with Crippen LogP contribution in [0.3, 0.4) is 0 Å². The molecule has 168 valence electrons. The van der Waals surface area contributed by atoms with Crippen LogP contribution >= 0.6 is 11.6 Å². The summed E-state index contributed by atoms with van der Waals surface area (Å²) in [6.07, 6.45) is -0.227. The number of nitro benzene ring substituents is 1. The number of halogens is 1. The van der Waals surface area contributed by atoms with E-state index in [0.717, 1.165) is 18.8 Å². The van der Waals surface area contributed by atoms with E-state index in [-0.39, 0.29) is 17.0 Å². The molecule has 1 atom stereocenters. The van der Waals surface area contributed by atoms with Crippen molar-refractivity contribution in [3.8, 4) is 0 Å². The Hall–Kier alpha value is -2.55. The van der Waals surface area contributed by atoms with Gasteiger partial charge in [-0.2, -0.15) is 5.11 Å². The van der Waals surface area contributed by atoms with Crippen molar-refractivity contribution in [3.63, 3.8) is 0 Å². The molecule has 0 bridgehead atoms. The fourth-order valence-electron chi connectivity index (χ4n) is 2.71. The largest absolute Gasteiger partial charge is 0.369 e. The summed E-state index contributed by atoms with van der Waals surface area (Å²) < 4.78 is 11.4. The molecule has 31 heavy (non-hydrogen) atoms. The lowest BCUT2D eigenvalue weighted by Gasteiger charge is -2.24. The molecule has 0 amide bonds. The highest BCUT2D eigenvalue weighted by molar-refractivity contribution is 6.33. The minimum atomic E-state index is -0.505. The molecule has 0 aliphatic rings. The van der Waals surface area contributed by atoms with Gasteiger partial charge >= 0.3 is 0 Å². The van der Waals surface area contributed by atoms with Gasteiger partial charge in [0.1, 0.15) is 5.69 Å². The van der Waals surface area contributed by atoms with Crippen molar-refractivity contribution < 1.29 is 14.4 Å². The molecule has 0 saturated heterocycles. The standard InChI is InChI=1S/C22H29ClN4O4/c1-5-26(12-13-30-17(4)31-15-16(2)3)19-8-6-18(7-9-19)24-25-22-11-10-20(27(28)29)14-21(22)23/h6-11,14,16-17H,5,12-13,15H2,1-4H3/b25-24+. The van der Waals surface area contributed by atoms with E-state index in [0.29, 0.717) is 30.5 Å². The van der Waals surface area contributed by atoms with Crippen LogP contribution in [-0.2, 0) is 9.47 Å². The molecule has 2 aromatic rings. The lowest BCUT2D eigenvalue weighted by molar-refractivity contribution is -0.384. The Kier molecular flexibility index (Phi) is 9.84. The zero-order valence-electron chi connectivity index (χ0n) is 18.3. The minimum absolute atomic E-state index is 0.0854. The highest BCUT2D eigenvalue weighted by Gasteiger charge is 2.10. The molecule has 0 heterocycles. The predicted molar refractivity (Wildman–Crippen MR) is 123 cm³/mol. The molecule has 0 aliphatic carbocycles. The van der Waals surface area contributed by atoms with Gasteiger partial charge in [0.05, 0.1) is 28.8 Å². The fraction of sp³-hybridized carbons (Fsp3) is 0.455. The highest BCUT2D eigenvalue weighted by Crippen LogP contribution is 2.30. The van der Waals surface area contributed by atoms with Crippen LogP contribution < -0.4 is 4.90 Å². The number of likely N-dealkylation sites (N-methyl/N-ethyl adjacent to an activating group) is 1. The number of hydrogen-bond acceptors (Lipinski definition) is 7. The second kappa shape index (κ2) is 12.3. The van der Waals surface area contributed by atoms with E-state index < -0.39 is 4.92 Å². The van der Waals surface area contributed by atoms with Crippen molar-refractivity contribution >= 4 is 34.4 Å². The van der Waals surface area contributed by atoms with Gasteiger partial charge in [0, 0.05) is 30.9 Å². The van der Waals surface area contributed by atoms with E-state index in [1.165, 1.54) is 18.2 Å². The fourth-order valence-corrected chi connectivity index (χ4v) is 2.92. The molecule has 1 unspecified atom stereocenters. The zero-order chi connectivity index (χ0) is 22.8. The number of non-ortho nitro benzene ring substituents is 1. The lowest BCUT2D eigenvalue weighted by atomic mass is 10.2. The number of rotatable bonds is 12. The summed E-state index contributed by atoms with van der Waals surface area (Å²) in [5, 5.41) is 19.2. The maximum atomic E-state index is 10.8. The van der Waals surface area contributed by atoms with Gasteiger partial charge in [-0.15, -0.1) is 5.11 Å². The number of nitro groups is 1. The average molecular weight is 449 g/mol. The molecule has 2 rings (SSSR count). The first kappa shape index (κ1) is 24.7. The normalized spacial score (nSPS) is 12.5. The molecule has 2 aromatic carbocycles. The lowest BCUT2D eigenvalue weighted by Crippen LogP contribution is -2.29. The minimum Gasteiger partial charge on any atom is -0.369 e. The van der Waals surface area contributed by atoms with Gasteiger partial charge in [-0.1, -0.05) is 25.4 Å². The number of azo groups is 1. The van der Waals surface area contributed by atoms with Crippen LogP contribution in [0.2, 0.25) is 5.02 Å². The molecule has 8 nitrogen and oxygen atoms in total. The van der Waals surface area contributed by atoms with Gasteiger partial charge in [0.15, 0.2) is 6.29 Å². The van der Waals surface area contributed by atoms with Crippen LogP contribution in [0.15, 0.2) is 52.7 Å². The van der Waals surface area contributed by atoms with Gasteiger partial charge in [-0.3, -0.25) is 10.1 Å². The third kappa shape index (κ3) is 8.24. The molecule has 0 spiro atoms. The van der Waals surface area contributed by atoms with Crippen LogP contribution in [0.1, 0.15) is 27.7 Å². The Morgan fingerprint density at radius 2 is 1.81 bits per heavy atom. The van der Waals surface area contributed by atoms with Gasteiger partial charge < -0.3 is 14.4 Å². The van der Waals surface area contributed by atoms with Gasteiger partial charge in [0.2, 0.25) is 0 Å². The Balaban J connectivity index is 1.92. The van der Waals surface area contributed by atoms with Crippen LogP contribution in [0, 0.1) is 16.0 Å². The highest BCUT2D eigenvalue weighted by atomic mass is 35.5. The zero-order valence-corrected chi connectivity index (χ0v) is 19.1. The van der Waals surface area contributed by atoms with Crippen molar-refractivity contribution in [2.75, 3.05) is 31.2 Å². The summed E-state index contributed by atoms with van der Waals surface area (Å²) in [6.45, 7) is 11.0. The van der Waals surface area contributed by atoms with E-state index in [2.05, 4.69) is 35.9 Å². The summed E-state index contributed by atoms with van der Waals surface area (Å²) in [5.41, 5.74) is 1.99. The molecule has 0 radical (unpaired) electrons. The van der Waals surface area contributed by atoms with Gasteiger partial charge in [-0.25, -0.2) is 0 Å². The average Bonchev–Trinajstić information content (AvgIpc) is 2.75. The van der Waals surface area contributed by atoms with Crippen LogP contribution in [0.25, 0.3) is 0 Å². The maximum absolute atomic E-state index is 10.8. The molecular formula is C22H29ClN4O4. The molecule has 9 heteroatoms. The Morgan fingerprint density at radius 1 is 1.10 bits per heavy atom. The molecule has 0 aromatic heterocycles. The second-order valence-electron chi connectivity index (χ2n) is 7.35. The smallest absolute Gasteiger partial charge is 0.271 e. The van der Waals surface area contributed by atoms with Crippen LogP contribution in [-0.4, -0.2) is 37.5 Å². The van der Waals surface area contributed by atoms with Gasteiger partial charge in [0.25, 0.3) is 5.69 Å². The molecule has 0 fully saturated rings. The summed E-state index contributed by atoms with van der Waals surface area (Å²) in [5.74, 6) is 0.477. The molecule has 0 N–H and O–H groups in total. The Bertz CT molecular complexity index is 874. The topological polar surface area (TPSA) is 89.6 Å². The summed E-state index contributed by atoms with van der Waals surface area (Å²) in [7, 11) is 0. The second-order valence-corrected chi connectivity index (χ2v) is 7.76. The van der Waals surface area contributed by atoms with E-state index in [1.54, 1.807) is 0 Å². The third-order valence-electron chi connectivity index (χ3n) is 4.39. The number of hydrogen-bond donors (Lipinski definition) is 0. The Morgan fingerprint density at radius 3 is 2.39 bits per heavy atom. The number of anilines is 1. The molecule has 0 aliphatic heterocycles. The first-order chi connectivity index (χ1) is 14.8. The predicted octanol–water partition coefficient (Wildman–Crippen LogP) is 6.53. The quantitative estimate of drug-likeness (QED) is 0.159. The van der Waals surface area contributed by atoms with Crippen molar-refractivity contribution in [1.82, 2.24) is 0 Å². The summed E-state index contributed by atoms with van der Waals surface area (Å²) in [6, 6.07) is 11.7. The van der Waals surface area contributed by atoms with E-state index in [1.807, 2.05) is 31.2 Å². The summed E-state index contributed by atoms with van der Waals surface area (Å²) in [4.78, 5) is 12.5. The van der Waals surface area contributed by atoms with Crippen molar-refractivity contribution in [1.29, 1.82) is 0 Å². The Labute approximate surface area is 188 Å². The number of ether oxygens (including phenoxy) is 2. The van der Waals surface area contributed by atoms with Crippen LogP contribution in [0.4, 0.5) is 22.7 Å². The molecular weight excluding hydrogens is 420 g/mol. The van der Waals surface area contributed by atoms with E-state index >= 15 is 0 Å². The third-order valence-corrected chi connectivity index (χ3v) is 4.69. The first-order valence-electron chi connectivity index (χ1n) is 10.2. The van der Waals surface area contributed by atoms with Crippen molar-refractivity contribution in [2.24, 2.45) is 16.1 Å². The monoisotopic (exact) mass is 448 g/mol. The van der Waals surface area contributed by atoms with E-state index in [9.17, 15) is 10.1 Å². The SMILES string of the molecule is CCN(CCOC(C)OCC(C)C)c1ccc(/N=N/c2ccc([N+](=O)[O-])cc2Cl)cc1. The van der Waals surface area contributed by atoms with Crippen LogP contribution in [0.5, 0.6) is 0 Å². The first-order valence-corrected chi connectivity index (χ1v) is 10.6. The van der Waals surface area contributed by atoms with Crippen molar-refractivity contribution in [3.05, 3.63) is 57.6 Å². The van der Waals surface area contributed by atoms with E-state index in [4.69, 9.17) is 21.1 Å². The number of nitrogens with zero attached hydrogens (tertiary/aromatic N) is 4. The summed E-state index contributed by atoms with van der Waals surface area (Å²) >= 11 is 6.05. The van der Waals surface area contributed by atoms with Gasteiger partial charge in [-0.05, 0) is 50.1 Å². The molecule has 0 saturated carbocycles. The van der Waals surface area contributed by atoms with Crippen molar-refractivity contribution in [2.45, 2.75) is 34.0 Å². The maximum Gasteiger partial charge on any atom is 0.271 e. The number of benzene rings is 2.